The molecule has 5 N–H and O–H groups in total. The Morgan fingerprint density at radius 3 is 2.68 bits per heavy atom. The van der Waals surface area contributed by atoms with Crippen LogP contribution in [0.5, 0.6) is 0 Å². The smallest absolute Gasteiger partial charge is 0.275 e. The highest BCUT2D eigenvalue weighted by atomic mass is 19.2. The molecule has 2 aliphatic rings. The Morgan fingerprint density at radius 2 is 1.92 bits per heavy atom. The lowest BCUT2D eigenvalue weighted by atomic mass is 9.92. The van der Waals surface area contributed by atoms with Gasteiger partial charge in [-0.2, -0.15) is 0 Å². The molecule has 1 aliphatic heterocycles. The Kier molecular flexibility index (Phi) is 6.61. The predicted octanol–water partition coefficient (Wildman–Crippen LogP) is 2.94. The number of halogens is 3. The fraction of sp³-hybridized carbons (Fsp3) is 0.346. The summed E-state index contributed by atoms with van der Waals surface area (Å²) >= 11 is 0. The lowest BCUT2D eigenvalue weighted by Gasteiger charge is -2.41. The molecule has 1 unspecified atom stereocenters. The summed E-state index contributed by atoms with van der Waals surface area (Å²) in [4.78, 5) is 23.6. The van der Waals surface area contributed by atoms with Crippen molar-refractivity contribution in [3.8, 4) is 11.1 Å². The second-order valence-electron chi connectivity index (χ2n) is 9.58. The van der Waals surface area contributed by atoms with Gasteiger partial charge in [-0.3, -0.25) is 9.78 Å². The van der Waals surface area contributed by atoms with Crippen LogP contribution in [0.4, 0.5) is 24.5 Å². The zero-order valence-electron chi connectivity index (χ0n) is 20.0. The first-order valence-electron chi connectivity index (χ1n) is 12.0. The molecule has 11 heteroatoms. The average molecular weight is 514 g/mol. The van der Waals surface area contributed by atoms with Crippen molar-refractivity contribution >= 4 is 17.3 Å². The number of hydrogen-bond donors (Lipinski definition) is 4. The van der Waals surface area contributed by atoms with Crippen LogP contribution in [-0.4, -0.2) is 51.3 Å². The number of amides is 1. The van der Waals surface area contributed by atoms with E-state index in [1.165, 1.54) is 18.3 Å². The van der Waals surface area contributed by atoms with Gasteiger partial charge < -0.3 is 26.2 Å². The molecule has 194 valence electrons. The summed E-state index contributed by atoms with van der Waals surface area (Å²) < 4.78 is 42.5. The highest BCUT2D eigenvalue weighted by Gasteiger charge is 2.36. The molecule has 1 saturated heterocycles. The van der Waals surface area contributed by atoms with Crippen LogP contribution in [0.2, 0.25) is 0 Å². The third-order valence-electron chi connectivity index (χ3n) is 7.00. The summed E-state index contributed by atoms with van der Waals surface area (Å²) in [6, 6.07) is 3.79. The van der Waals surface area contributed by atoms with Crippen LogP contribution in [0.1, 0.15) is 41.2 Å². The third-order valence-corrected chi connectivity index (χ3v) is 7.00. The molecule has 37 heavy (non-hydrogen) atoms. The van der Waals surface area contributed by atoms with Crippen LogP contribution >= 0.6 is 0 Å². The van der Waals surface area contributed by atoms with Crippen LogP contribution in [0.3, 0.4) is 0 Å². The maximum atomic E-state index is 14.6. The van der Waals surface area contributed by atoms with E-state index in [9.17, 15) is 28.2 Å². The van der Waals surface area contributed by atoms with Crippen molar-refractivity contribution < 1.29 is 28.2 Å². The largest absolute Gasteiger partial charge is 0.391 e. The summed E-state index contributed by atoms with van der Waals surface area (Å²) in [5.74, 6) is -4.14. The number of hydrogen-bond acceptors (Lipinski definition) is 7. The minimum Gasteiger partial charge on any atom is -0.391 e. The number of aromatic nitrogens is 2. The van der Waals surface area contributed by atoms with Gasteiger partial charge in [0.2, 0.25) is 0 Å². The zero-order valence-corrected chi connectivity index (χ0v) is 20.0. The van der Waals surface area contributed by atoms with Gasteiger partial charge in [0.15, 0.2) is 11.6 Å². The van der Waals surface area contributed by atoms with E-state index >= 15 is 0 Å². The molecule has 8 nitrogen and oxygen atoms in total. The monoisotopic (exact) mass is 513 g/mol. The summed E-state index contributed by atoms with van der Waals surface area (Å²) in [5, 5.41) is 23.5. The Balaban J connectivity index is 1.56. The second-order valence-corrected chi connectivity index (χ2v) is 9.58. The van der Waals surface area contributed by atoms with E-state index in [0.29, 0.717) is 43.0 Å². The first-order chi connectivity index (χ1) is 17.7. The number of aliphatic hydroxyl groups is 2. The molecule has 1 aromatic carbocycles. The molecule has 3 heterocycles. The van der Waals surface area contributed by atoms with Gasteiger partial charge in [0.05, 0.1) is 41.7 Å². The first-order valence-corrected chi connectivity index (χ1v) is 12.0. The van der Waals surface area contributed by atoms with Crippen molar-refractivity contribution in [3.05, 3.63) is 71.1 Å². The Bertz CT molecular complexity index is 1360. The van der Waals surface area contributed by atoms with Gasteiger partial charge in [-0.05, 0) is 25.0 Å². The van der Waals surface area contributed by atoms with E-state index in [4.69, 9.17) is 5.73 Å². The number of nitrogens with one attached hydrogen (secondary N) is 1. The standard InChI is InChI=1S/C26H26F3N5O3/c1-12-10-34(11-18(30)25(12)36)24-15-5-6-20(35)22(15)32-9-19(24)33-26(37)23-16(7-13(27)8-31-23)14-3-2-4-17(28)21(14)29/h2-4,7-9,12,18,20,25,35-36H,5-6,10-11,30H2,1H3,(H,33,37)/t12-,18+,20?,25+/m0/s1. The number of nitrogens with two attached hydrogens (primary N) is 1. The lowest BCUT2D eigenvalue weighted by Crippen LogP contribution is -2.56. The summed E-state index contributed by atoms with van der Waals surface area (Å²) in [6.45, 7) is 2.61. The van der Waals surface area contributed by atoms with Gasteiger partial charge in [-0.1, -0.05) is 19.1 Å². The maximum absolute atomic E-state index is 14.6. The van der Waals surface area contributed by atoms with Crippen molar-refractivity contribution in [1.29, 1.82) is 0 Å². The summed E-state index contributed by atoms with van der Waals surface area (Å²) in [7, 11) is 0. The number of pyridine rings is 2. The summed E-state index contributed by atoms with van der Waals surface area (Å²) in [6.07, 6.45) is 1.77. The van der Waals surface area contributed by atoms with Gasteiger partial charge in [0, 0.05) is 41.7 Å². The average Bonchev–Trinajstić information content (AvgIpc) is 3.24. The summed E-state index contributed by atoms with van der Waals surface area (Å²) in [5.41, 5.74) is 7.52. The van der Waals surface area contributed by atoms with Gasteiger partial charge in [0.25, 0.3) is 5.91 Å². The normalized spacial score (nSPS) is 23.2. The number of nitrogens with zero attached hydrogens (tertiary/aromatic N) is 3. The minimum atomic E-state index is -1.23. The van der Waals surface area contributed by atoms with Crippen LogP contribution in [-0.2, 0) is 6.42 Å². The molecule has 1 aliphatic carbocycles. The number of benzene rings is 1. The number of aliphatic hydroxyl groups excluding tert-OH is 2. The molecule has 1 amide bonds. The number of rotatable bonds is 4. The Labute approximate surface area is 211 Å². The molecule has 4 atom stereocenters. The predicted molar refractivity (Wildman–Crippen MR) is 130 cm³/mol. The van der Waals surface area contributed by atoms with Gasteiger partial charge in [-0.25, -0.2) is 18.2 Å². The van der Waals surface area contributed by atoms with Crippen molar-refractivity contribution in [2.45, 2.75) is 38.0 Å². The van der Waals surface area contributed by atoms with Gasteiger partial charge in [-0.15, -0.1) is 0 Å². The number of piperidine rings is 1. The Hall–Kier alpha value is -3.54. The van der Waals surface area contributed by atoms with Gasteiger partial charge in [0.1, 0.15) is 11.5 Å². The van der Waals surface area contributed by atoms with Crippen LogP contribution in [0, 0.1) is 23.4 Å². The topological polar surface area (TPSA) is 125 Å². The molecule has 0 radical (unpaired) electrons. The SMILES string of the molecule is C[C@H]1CN(c2c(NC(=O)c3ncc(F)cc3-c3cccc(F)c3F)cnc3c2CCC3O)C[C@@H](N)[C@@H]1O. The van der Waals surface area contributed by atoms with E-state index in [1.807, 2.05) is 11.8 Å². The molecule has 0 spiro atoms. The number of carbonyl (C=O) groups excluding carboxylic acids is 1. The fourth-order valence-corrected chi connectivity index (χ4v) is 5.18. The van der Waals surface area contributed by atoms with Crippen molar-refractivity contribution in [1.82, 2.24) is 9.97 Å². The second kappa shape index (κ2) is 9.73. The first kappa shape index (κ1) is 25.1. The molecule has 2 aromatic heterocycles. The maximum Gasteiger partial charge on any atom is 0.275 e. The number of carbonyl (C=O) groups is 1. The third kappa shape index (κ3) is 4.54. The van der Waals surface area contributed by atoms with E-state index in [0.717, 1.165) is 23.9 Å². The van der Waals surface area contributed by atoms with E-state index < -0.39 is 41.6 Å². The van der Waals surface area contributed by atoms with Crippen LogP contribution < -0.4 is 16.0 Å². The minimum absolute atomic E-state index is 0.163. The van der Waals surface area contributed by atoms with Crippen LogP contribution in [0.25, 0.3) is 11.1 Å². The number of anilines is 2. The van der Waals surface area contributed by atoms with Crippen molar-refractivity contribution in [2.24, 2.45) is 11.7 Å². The zero-order chi connectivity index (χ0) is 26.4. The molecule has 3 aromatic rings. The van der Waals surface area contributed by atoms with Crippen molar-refractivity contribution in [3.63, 3.8) is 0 Å². The molecular formula is C26H26F3N5O3. The quantitative estimate of drug-likeness (QED) is 0.423. The van der Waals surface area contributed by atoms with Gasteiger partial charge >= 0.3 is 0 Å². The highest BCUT2D eigenvalue weighted by molar-refractivity contribution is 6.08. The van der Waals surface area contributed by atoms with Crippen LogP contribution in [0.15, 0.2) is 36.7 Å². The highest BCUT2D eigenvalue weighted by Crippen LogP contribution is 2.42. The molecule has 1 fully saturated rings. The lowest BCUT2D eigenvalue weighted by molar-refractivity contribution is 0.0784. The van der Waals surface area contributed by atoms with E-state index in [2.05, 4.69) is 15.3 Å². The number of fused-ring (bicyclic) bond motifs is 1. The van der Waals surface area contributed by atoms with Crippen molar-refractivity contribution in [2.75, 3.05) is 23.3 Å². The molecule has 5 rings (SSSR count). The molecular weight excluding hydrogens is 487 g/mol. The van der Waals surface area contributed by atoms with E-state index in [-0.39, 0.29) is 22.7 Å². The Morgan fingerprint density at radius 1 is 1.14 bits per heavy atom. The van der Waals surface area contributed by atoms with E-state index in [1.54, 1.807) is 0 Å². The molecule has 0 saturated carbocycles. The fourth-order valence-electron chi connectivity index (χ4n) is 5.18. The molecule has 0 bridgehead atoms.